The predicted octanol–water partition coefficient (Wildman–Crippen LogP) is 16.0. The first kappa shape index (κ1) is 38.6. The molecule has 0 bridgehead atoms. The van der Waals surface area contributed by atoms with Crippen LogP contribution in [-0.2, 0) is 10.8 Å². The number of nitrogens with zero attached hydrogens (tertiary/aromatic N) is 3. The van der Waals surface area contributed by atoms with Crippen molar-refractivity contribution in [2.75, 3.05) is 4.90 Å². The molecule has 1 spiro atoms. The van der Waals surface area contributed by atoms with Gasteiger partial charge in [0.2, 0.25) is 0 Å². The molecule has 2 aromatic heterocycles. The lowest BCUT2D eigenvalue weighted by Gasteiger charge is -2.36. The van der Waals surface area contributed by atoms with Crippen molar-refractivity contribution in [2.24, 2.45) is 0 Å². The Kier molecular flexibility index (Phi) is 8.99. The van der Waals surface area contributed by atoms with Crippen LogP contribution in [-0.4, -0.2) is 9.97 Å². The van der Waals surface area contributed by atoms with Crippen molar-refractivity contribution in [3.05, 3.63) is 257 Å². The fraction of sp³-hybridized carbons (Fsp3) is 0.111. The molecule has 3 heteroatoms. The SMILES string of the molecule is C(=C\c1cccc2c1-c1ccccc1C2(c1ccccc1)c1ccccc1)/c1ccc2c(c1)C1(CCCCC1)c1cc(N(c3nccc4ccccc34)c3nccc4ccccc34)ccc1-2. The summed E-state index contributed by atoms with van der Waals surface area (Å²) in [4.78, 5) is 12.5. The molecular formula is C63H47N3. The van der Waals surface area contributed by atoms with Crippen molar-refractivity contribution in [1.29, 1.82) is 0 Å². The first-order chi connectivity index (χ1) is 32.7. The highest BCUT2D eigenvalue weighted by molar-refractivity contribution is 6.02. The monoisotopic (exact) mass is 845 g/mol. The molecule has 8 aromatic carbocycles. The largest absolute Gasteiger partial charge is 0.278 e. The first-order valence-corrected chi connectivity index (χ1v) is 23.5. The molecule has 0 amide bonds. The first-order valence-electron chi connectivity index (χ1n) is 23.5. The minimum Gasteiger partial charge on any atom is -0.278 e. The van der Waals surface area contributed by atoms with Crippen LogP contribution in [0.5, 0.6) is 0 Å². The van der Waals surface area contributed by atoms with Gasteiger partial charge in [-0.1, -0.05) is 207 Å². The molecular weight excluding hydrogens is 799 g/mol. The van der Waals surface area contributed by atoms with Crippen LogP contribution < -0.4 is 4.90 Å². The van der Waals surface area contributed by atoms with Crippen molar-refractivity contribution in [3.63, 3.8) is 0 Å². The van der Waals surface area contributed by atoms with Crippen LogP contribution in [0.15, 0.2) is 213 Å². The topological polar surface area (TPSA) is 29.0 Å². The Bertz CT molecular complexity index is 3400. The lowest BCUT2D eigenvalue weighted by atomic mass is 9.67. The van der Waals surface area contributed by atoms with Crippen molar-refractivity contribution < 1.29 is 0 Å². The van der Waals surface area contributed by atoms with Crippen LogP contribution in [0.1, 0.15) is 76.6 Å². The lowest BCUT2D eigenvalue weighted by Crippen LogP contribution is -2.28. The Balaban J connectivity index is 0.938. The molecule has 3 aliphatic carbocycles. The van der Waals surface area contributed by atoms with Gasteiger partial charge in [-0.15, -0.1) is 0 Å². The zero-order valence-corrected chi connectivity index (χ0v) is 36.7. The summed E-state index contributed by atoms with van der Waals surface area (Å²) in [5.41, 5.74) is 16.5. The van der Waals surface area contributed by atoms with Gasteiger partial charge in [-0.05, 0) is 115 Å². The van der Waals surface area contributed by atoms with Gasteiger partial charge >= 0.3 is 0 Å². The molecule has 0 unspecified atom stereocenters. The molecule has 0 radical (unpaired) electrons. The molecule has 0 saturated heterocycles. The van der Waals surface area contributed by atoms with Gasteiger partial charge in [0.25, 0.3) is 0 Å². The van der Waals surface area contributed by atoms with Gasteiger partial charge in [-0.25, -0.2) is 9.97 Å². The van der Waals surface area contributed by atoms with Gasteiger partial charge in [0, 0.05) is 34.3 Å². The quantitative estimate of drug-likeness (QED) is 0.150. The Hall–Kier alpha value is -7.88. The van der Waals surface area contributed by atoms with Gasteiger partial charge in [0.1, 0.15) is 11.6 Å². The van der Waals surface area contributed by atoms with E-state index in [-0.39, 0.29) is 5.41 Å². The minimum atomic E-state index is -0.424. The molecule has 3 nitrogen and oxygen atoms in total. The van der Waals surface area contributed by atoms with Crippen LogP contribution in [0.3, 0.4) is 0 Å². The van der Waals surface area contributed by atoms with Gasteiger partial charge < -0.3 is 0 Å². The third kappa shape index (κ3) is 5.76. The van der Waals surface area contributed by atoms with Crippen LogP contribution >= 0.6 is 0 Å². The highest BCUT2D eigenvalue weighted by Crippen LogP contribution is 2.59. The summed E-state index contributed by atoms with van der Waals surface area (Å²) in [6.45, 7) is 0. The lowest BCUT2D eigenvalue weighted by molar-refractivity contribution is 0.353. The maximum absolute atomic E-state index is 5.11. The van der Waals surface area contributed by atoms with E-state index in [0.717, 1.165) is 51.7 Å². The third-order valence-electron chi connectivity index (χ3n) is 15.0. The summed E-state index contributed by atoms with van der Waals surface area (Å²) < 4.78 is 0. The summed E-state index contributed by atoms with van der Waals surface area (Å²) in [6.07, 6.45) is 14.5. The average Bonchev–Trinajstić information content (AvgIpc) is 3.83. The smallest absolute Gasteiger partial charge is 0.146 e. The van der Waals surface area contributed by atoms with Crippen molar-refractivity contribution >= 4 is 51.0 Å². The van der Waals surface area contributed by atoms with Crippen molar-refractivity contribution in [2.45, 2.75) is 42.9 Å². The standard InChI is InChI=1S/C63H47N3/c1-4-20-47(21-5-1)63(48-22-6-2-7-23-48)55-27-13-12-26-54(55)59-46(19-16-28-56(59)63)31-29-43-30-33-52-53-34-32-49(42-58(53)62(57(52)41-43)37-14-3-15-38-62)66(60-50-24-10-8-17-44(50)35-39-64-60)61-51-25-11-9-18-45(51)36-40-65-61/h1-2,4-13,16-36,39-42H,3,14-15,37-38H2/b31-29+. The van der Waals surface area contributed by atoms with Crippen molar-refractivity contribution in [3.8, 4) is 22.3 Å². The number of pyridine rings is 2. The molecule has 13 rings (SSSR count). The Morgan fingerprint density at radius 1 is 0.424 bits per heavy atom. The molecule has 0 atom stereocenters. The fourth-order valence-electron chi connectivity index (χ4n) is 12.2. The highest BCUT2D eigenvalue weighted by Gasteiger charge is 2.47. The highest BCUT2D eigenvalue weighted by atomic mass is 15.2. The van der Waals surface area contributed by atoms with Gasteiger partial charge in [0.05, 0.1) is 5.41 Å². The van der Waals surface area contributed by atoms with E-state index in [1.165, 1.54) is 86.0 Å². The van der Waals surface area contributed by atoms with E-state index in [0.29, 0.717) is 0 Å². The second-order valence-corrected chi connectivity index (χ2v) is 18.4. The molecule has 3 aliphatic rings. The molecule has 10 aromatic rings. The molecule has 1 saturated carbocycles. The molecule has 0 N–H and O–H groups in total. The number of hydrogen-bond donors (Lipinski definition) is 0. The molecule has 0 aliphatic heterocycles. The second-order valence-electron chi connectivity index (χ2n) is 18.4. The van der Waals surface area contributed by atoms with E-state index in [1.54, 1.807) is 0 Å². The fourth-order valence-corrected chi connectivity index (χ4v) is 12.2. The summed E-state index contributed by atoms with van der Waals surface area (Å²) >= 11 is 0. The number of benzene rings is 8. The summed E-state index contributed by atoms with van der Waals surface area (Å²) in [6, 6.07) is 73.8. The molecule has 66 heavy (non-hydrogen) atoms. The Morgan fingerprint density at radius 2 is 1.00 bits per heavy atom. The summed E-state index contributed by atoms with van der Waals surface area (Å²) in [7, 11) is 0. The maximum Gasteiger partial charge on any atom is 0.146 e. The van der Waals surface area contributed by atoms with Crippen molar-refractivity contribution in [1.82, 2.24) is 9.97 Å². The normalized spacial score (nSPS) is 15.2. The zero-order chi connectivity index (χ0) is 43.7. The Morgan fingerprint density at radius 3 is 1.68 bits per heavy atom. The summed E-state index contributed by atoms with van der Waals surface area (Å²) in [5, 5.41) is 4.51. The average molecular weight is 846 g/mol. The van der Waals surface area contributed by atoms with Crippen LogP contribution in [0.25, 0.3) is 56.0 Å². The van der Waals surface area contributed by atoms with E-state index < -0.39 is 5.41 Å². The van der Waals surface area contributed by atoms with E-state index in [4.69, 9.17) is 9.97 Å². The molecule has 1 fully saturated rings. The minimum absolute atomic E-state index is 0.0787. The number of anilines is 3. The number of rotatable bonds is 7. The summed E-state index contributed by atoms with van der Waals surface area (Å²) in [5.74, 6) is 1.77. The van der Waals surface area contributed by atoms with E-state index in [2.05, 4.69) is 217 Å². The van der Waals surface area contributed by atoms with E-state index >= 15 is 0 Å². The second kappa shape index (κ2) is 15.4. The third-order valence-corrected chi connectivity index (χ3v) is 15.0. The van der Waals surface area contributed by atoms with Crippen LogP contribution in [0.2, 0.25) is 0 Å². The van der Waals surface area contributed by atoms with Gasteiger partial charge in [-0.3, -0.25) is 4.90 Å². The Labute approximate surface area is 386 Å². The number of aromatic nitrogens is 2. The molecule has 314 valence electrons. The zero-order valence-electron chi connectivity index (χ0n) is 36.7. The van der Waals surface area contributed by atoms with E-state index in [9.17, 15) is 0 Å². The van der Waals surface area contributed by atoms with Gasteiger partial charge in [-0.2, -0.15) is 0 Å². The van der Waals surface area contributed by atoms with Gasteiger partial charge in [0.15, 0.2) is 0 Å². The predicted molar refractivity (Wildman–Crippen MR) is 274 cm³/mol. The number of fused-ring (bicyclic) bond motifs is 10. The number of hydrogen-bond acceptors (Lipinski definition) is 3. The molecule has 2 heterocycles. The van der Waals surface area contributed by atoms with Crippen LogP contribution in [0.4, 0.5) is 17.3 Å². The maximum atomic E-state index is 5.11. The van der Waals surface area contributed by atoms with Crippen LogP contribution in [0, 0.1) is 0 Å². The van der Waals surface area contributed by atoms with E-state index in [1.807, 2.05) is 12.4 Å².